The SMILES string of the molecule is COc1ccc(C=NNC(=O)Cc2ccc(Br)c3ccccc23)cc1I. The molecule has 0 atom stereocenters. The number of ether oxygens (including phenoxy) is 1. The van der Waals surface area contributed by atoms with Crippen LogP contribution in [0.15, 0.2) is 64.2 Å². The minimum Gasteiger partial charge on any atom is -0.496 e. The van der Waals surface area contributed by atoms with E-state index in [2.05, 4.69) is 49.0 Å². The molecule has 0 fully saturated rings. The minimum atomic E-state index is -0.156. The van der Waals surface area contributed by atoms with Crippen molar-refractivity contribution in [2.75, 3.05) is 7.11 Å². The first-order chi connectivity index (χ1) is 12.6. The third kappa shape index (κ3) is 4.42. The molecule has 0 radical (unpaired) electrons. The standard InChI is InChI=1S/C20H16BrIN2O2/c1-26-19-9-6-13(10-18(19)22)12-23-24-20(25)11-14-7-8-17(21)16-5-3-2-4-15(14)16/h2-10,12H,11H2,1H3,(H,24,25). The first-order valence-corrected chi connectivity index (χ1v) is 9.77. The summed E-state index contributed by atoms with van der Waals surface area (Å²) in [6.45, 7) is 0. The first-order valence-electron chi connectivity index (χ1n) is 7.90. The van der Waals surface area contributed by atoms with E-state index in [0.717, 1.165) is 35.7 Å². The molecule has 26 heavy (non-hydrogen) atoms. The van der Waals surface area contributed by atoms with Crippen molar-refractivity contribution in [1.29, 1.82) is 0 Å². The van der Waals surface area contributed by atoms with Crippen LogP contribution in [0.3, 0.4) is 0 Å². The summed E-state index contributed by atoms with van der Waals surface area (Å²) in [5, 5.41) is 6.21. The Labute approximate surface area is 173 Å². The molecule has 3 aromatic rings. The zero-order valence-corrected chi connectivity index (χ0v) is 17.7. The van der Waals surface area contributed by atoms with Crippen LogP contribution in [-0.2, 0) is 11.2 Å². The van der Waals surface area contributed by atoms with Gasteiger partial charge in [-0.1, -0.05) is 46.3 Å². The lowest BCUT2D eigenvalue weighted by atomic mass is 10.0. The number of amides is 1. The highest BCUT2D eigenvalue weighted by Crippen LogP contribution is 2.27. The average Bonchev–Trinajstić information content (AvgIpc) is 2.64. The van der Waals surface area contributed by atoms with Crippen molar-refractivity contribution in [2.24, 2.45) is 5.10 Å². The predicted molar refractivity (Wildman–Crippen MR) is 117 cm³/mol. The molecule has 0 aliphatic carbocycles. The number of halogens is 2. The monoisotopic (exact) mass is 522 g/mol. The second kappa shape index (κ2) is 8.64. The second-order valence-electron chi connectivity index (χ2n) is 5.62. The summed E-state index contributed by atoms with van der Waals surface area (Å²) in [5.74, 6) is 0.658. The number of carbonyl (C=O) groups excluding carboxylic acids is 1. The fourth-order valence-electron chi connectivity index (χ4n) is 2.63. The predicted octanol–water partition coefficient (Wildman–Crippen LogP) is 4.91. The molecule has 1 amide bonds. The van der Waals surface area contributed by atoms with Crippen molar-refractivity contribution in [2.45, 2.75) is 6.42 Å². The van der Waals surface area contributed by atoms with Crippen LogP contribution in [0.5, 0.6) is 5.75 Å². The molecule has 4 nitrogen and oxygen atoms in total. The van der Waals surface area contributed by atoms with Gasteiger partial charge in [-0.05, 0) is 68.8 Å². The lowest BCUT2D eigenvalue weighted by Gasteiger charge is -2.07. The number of benzene rings is 3. The van der Waals surface area contributed by atoms with E-state index in [1.165, 1.54) is 0 Å². The van der Waals surface area contributed by atoms with Gasteiger partial charge in [0, 0.05) is 4.47 Å². The van der Waals surface area contributed by atoms with Crippen molar-refractivity contribution >= 4 is 61.4 Å². The van der Waals surface area contributed by atoms with Crippen molar-refractivity contribution in [3.05, 3.63) is 73.8 Å². The average molecular weight is 523 g/mol. The summed E-state index contributed by atoms with van der Waals surface area (Å²) in [5.41, 5.74) is 4.45. The number of hydrogen-bond donors (Lipinski definition) is 1. The first kappa shape index (κ1) is 18.8. The Morgan fingerprint density at radius 2 is 1.96 bits per heavy atom. The van der Waals surface area contributed by atoms with Crippen LogP contribution in [0.1, 0.15) is 11.1 Å². The van der Waals surface area contributed by atoms with Gasteiger partial charge >= 0.3 is 0 Å². The van der Waals surface area contributed by atoms with E-state index >= 15 is 0 Å². The summed E-state index contributed by atoms with van der Waals surface area (Å²) in [6, 6.07) is 17.6. The molecule has 3 rings (SSSR count). The number of fused-ring (bicyclic) bond motifs is 1. The van der Waals surface area contributed by atoms with Gasteiger partial charge in [0.15, 0.2) is 0 Å². The van der Waals surface area contributed by atoms with E-state index in [-0.39, 0.29) is 12.3 Å². The topological polar surface area (TPSA) is 50.7 Å². The third-order valence-electron chi connectivity index (χ3n) is 3.89. The van der Waals surface area contributed by atoms with Gasteiger partial charge in [0.1, 0.15) is 5.75 Å². The highest BCUT2D eigenvalue weighted by molar-refractivity contribution is 14.1. The molecular weight excluding hydrogens is 507 g/mol. The van der Waals surface area contributed by atoms with E-state index < -0.39 is 0 Å². The summed E-state index contributed by atoms with van der Waals surface area (Å²) in [7, 11) is 1.64. The third-order valence-corrected chi connectivity index (χ3v) is 5.43. The molecular formula is C20H16BrIN2O2. The number of nitrogens with zero attached hydrogens (tertiary/aromatic N) is 1. The molecule has 1 N–H and O–H groups in total. The Balaban J connectivity index is 1.68. The van der Waals surface area contributed by atoms with Gasteiger partial charge in [-0.3, -0.25) is 4.79 Å². The Morgan fingerprint density at radius 1 is 1.19 bits per heavy atom. The van der Waals surface area contributed by atoms with Crippen molar-refractivity contribution < 1.29 is 9.53 Å². The van der Waals surface area contributed by atoms with Gasteiger partial charge in [0.2, 0.25) is 5.91 Å². The molecule has 0 saturated carbocycles. The molecule has 0 aliphatic rings. The van der Waals surface area contributed by atoms with Gasteiger partial charge in [0.05, 0.1) is 23.3 Å². The molecule has 3 aromatic carbocycles. The lowest BCUT2D eigenvalue weighted by Crippen LogP contribution is -2.19. The normalized spacial score (nSPS) is 11.0. The van der Waals surface area contributed by atoms with E-state index in [4.69, 9.17) is 4.74 Å². The van der Waals surface area contributed by atoms with Crippen LogP contribution in [0.4, 0.5) is 0 Å². The zero-order chi connectivity index (χ0) is 18.5. The van der Waals surface area contributed by atoms with Crippen LogP contribution >= 0.6 is 38.5 Å². The van der Waals surface area contributed by atoms with E-state index in [0.29, 0.717) is 0 Å². The molecule has 6 heteroatoms. The summed E-state index contributed by atoms with van der Waals surface area (Å²) in [6.07, 6.45) is 1.89. The number of carbonyl (C=O) groups is 1. The minimum absolute atomic E-state index is 0.156. The van der Waals surface area contributed by atoms with Gasteiger partial charge < -0.3 is 4.74 Å². The van der Waals surface area contributed by atoms with Crippen LogP contribution in [-0.4, -0.2) is 19.2 Å². The van der Waals surface area contributed by atoms with Gasteiger partial charge in [0.25, 0.3) is 0 Å². The maximum absolute atomic E-state index is 12.2. The summed E-state index contributed by atoms with van der Waals surface area (Å²) < 4.78 is 7.23. The number of methoxy groups -OCH3 is 1. The zero-order valence-electron chi connectivity index (χ0n) is 14.0. The Morgan fingerprint density at radius 3 is 2.69 bits per heavy atom. The fourth-order valence-corrected chi connectivity index (χ4v) is 3.87. The van der Waals surface area contributed by atoms with Crippen molar-refractivity contribution in [3.8, 4) is 5.75 Å². The van der Waals surface area contributed by atoms with E-state index in [9.17, 15) is 4.79 Å². The van der Waals surface area contributed by atoms with E-state index in [1.54, 1.807) is 13.3 Å². The maximum Gasteiger partial charge on any atom is 0.244 e. The van der Waals surface area contributed by atoms with Gasteiger partial charge in [-0.15, -0.1) is 0 Å². The molecule has 0 heterocycles. The number of hydrogen-bond acceptors (Lipinski definition) is 3. The number of hydrazone groups is 1. The van der Waals surface area contributed by atoms with Crippen LogP contribution in [0.2, 0.25) is 0 Å². The molecule has 0 aliphatic heterocycles. The Bertz CT molecular complexity index is 989. The largest absolute Gasteiger partial charge is 0.496 e. The highest BCUT2D eigenvalue weighted by atomic mass is 127. The number of nitrogens with one attached hydrogen (secondary N) is 1. The quantitative estimate of drug-likeness (QED) is 0.294. The molecule has 0 aromatic heterocycles. The number of rotatable bonds is 5. The smallest absolute Gasteiger partial charge is 0.244 e. The van der Waals surface area contributed by atoms with Crippen LogP contribution in [0.25, 0.3) is 10.8 Å². The second-order valence-corrected chi connectivity index (χ2v) is 7.63. The molecule has 0 unspecified atom stereocenters. The van der Waals surface area contributed by atoms with Crippen molar-refractivity contribution in [1.82, 2.24) is 5.43 Å². The summed E-state index contributed by atoms with van der Waals surface area (Å²) >= 11 is 5.75. The lowest BCUT2D eigenvalue weighted by molar-refractivity contribution is -0.120. The molecule has 0 bridgehead atoms. The van der Waals surface area contributed by atoms with Gasteiger partial charge in [-0.2, -0.15) is 5.10 Å². The van der Waals surface area contributed by atoms with E-state index in [1.807, 2.05) is 54.6 Å². The van der Waals surface area contributed by atoms with Crippen molar-refractivity contribution in [3.63, 3.8) is 0 Å². The Hall–Kier alpha value is -1.93. The fraction of sp³-hybridized carbons (Fsp3) is 0.100. The molecule has 0 saturated heterocycles. The van der Waals surface area contributed by atoms with Crippen LogP contribution in [0, 0.1) is 3.57 Å². The van der Waals surface area contributed by atoms with Crippen LogP contribution < -0.4 is 10.2 Å². The molecule has 132 valence electrons. The maximum atomic E-state index is 12.2. The highest BCUT2D eigenvalue weighted by Gasteiger charge is 2.08. The Kier molecular flexibility index (Phi) is 6.26. The van der Waals surface area contributed by atoms with Gasteiger partial charge in [-0.25, -0.2) is 5.43 Å². The summed E-state index contributed by atoms with van der Waals surface area (Å²) in [4.78, 5) is 12.2. The molecule has 0 spiro atoms.